The lowest BCUT2D eigenvalue weighted by atomic mass is 9.75. The summed E-state index contributed by atoms with van der Waals surface area (Å²) in [4.78, 5) is 0. The van der Waals surface area contributed by atoms with Crippen molar-refractivity contribution in [1.29, 1.82) is 0 Å². The number of rotatable bonds is 2. The normalized spacial score (nSPS) is 37.9. The first kappa shape index (κ1) is 11.3. The van der Waals surface area contributed by atoms with Crippen LogP contribution in [0.15, 0.2) is 0 Å². The van der Waals surface area contributed by atoms with Gasteiger partial charge in [-0.05, 0) is 18.9 Å². The summed E-state index contributed by atoms with van der Waals surface area (Å²) in [6.07, 6.45) is 2.19. The second-order valence-electron chi connectivity index (χ2n) is 4.74. The van der Waals surface area contributed by atoms with Gasteiger partial charge in [0.25, 0.3) is 0 Å². The standard InChI is InChI=1S/C9H18N2O3S/c1-15(13,14)11-4-8-2-3-10-5-9(8,6-11)7-12/h8,10,12H,2-7H2,1H3/t8-,9+/m0/s1. The molecule has 0 unspecified atom stereocenters. The Morgan fingerprint density at radius 1 is 1.60 bits per heavy atom. The molecule has 0 bridgehead atoms. The highest BCUT2D eigenvalue weighted by Gasteiger charge is 2.49. The van der Waals surface area contributed by atoms with Crippen molar-refractivity contribution in [2.75, 3.05) is 39.0 Å². The van der Waals surface area contributed by atoms with E-state index in [9.17, 15) is 13.5 Å². The average molecular weight is 234 g/mol. The van der Waals surface area contributed by atoms with Gasteiger partial charge in [0.1, 0.15) is 0 Å². The number of aliphatic hydroxyl groups is 1. The van der Waals surface area contributed by atoms with Crippen molar-refractivity contribution in [3.63, 3.8) is 0 Å². The quantitative estimate of drug-likeness (QED) is 0.633. The summed E-state index contributed by atoms with van der Waals surface area (Å²) in [5.41, 5.74) is -0.249. The topological polar surface area (TPSA) is 69.6 Å². The fourth-order valence-electron chi connectivity index (χ4n) is 2.68. The molecule has 0 aromatic carbocycles. The predicted octanol–water partition coefficient (Wildman–Crippen LogP) is -1.15. The zero-order valence-electron chi connectivity index (χ0n) is 8.94. The van der Waals surface area contributed by atoms with Crippen LogP contribution in [-0.4, -0.2) is 56.9 Å². The summed E-state index contributed by atoms with van der Waals surface area (Å²) in [5, 5.41) is 12.7. The first-order valence-corrected chi connectivity index (χ1v) is 7.09. The van der Waals surface area contributed by atoms with Crippen molar-refractivity contribution < 1.29 is 13.5 Å². The number of nitrogens with zero attached hydrogens (tertiary/aromatic N) is 1. The van der Waals surface area contributed by atoms with Gasteiger partial charge in [-0.1, -0.05) is 0 Å². The molecule has 2 atom stereocenters. The molecular weight excluding hydrogens is 216 g/mol. The van der Waals surface area contributed by atoms with Crippen LogP contribution in [0.2, 0.25) is 0 Å². The second-order valence-corrected chi connectivity index (χ2v) is 6.72. The number of aliphatic hydroxyl groups excluding tert-OH is 1. The Bertz CT molecular complexity index is 343. The van der Waals surface area contributed by atoms with Crippen LogP contribution >= 0.6 is 0 Å². The van der Waals surface area contributed by atoms with Crippen LogP contribution in [0.4, 0.5) is 0 Å². The van der Waals surface area contributed by atoms with E-state index in [1.54, 1.807) is 0 Å². The van der Waals surface area contributed by atoms with E-state index in [2.05, 4.69) is 5.32 Å². The van der Waals surface area contributed by atoms with E-state index in [0.29, 0.717) is 19.0 Å². The van der Waals surface area contributed by atoms with Gasteiger partial charge >= 0.3 is 0 Å². The SMILES string of the molecule is CS(=O)(=O)N1C[C@@H]2CCNC[C@]2(CO)C1. The lowest BCUT2D eigenvalue weighted by Gasteiger charge is -2.37. The highest BCUT2D eigenvalue weighted by atomic mass is 32.2. The maximum atomic E-state index is 11.5. The highest BCUT2D eigenvalue weighted by molar-refractivity contribution is 7.88. The van der Waals surface area contributed by atoms with E-state index < -0.39 is 10.0 Å². The van der Waals surface area contributed by atoms with E-state index >= 15 is 0 Å². The van der Waals surface area contributed by atoms with Crippen LogP contribution in [0, 0.1) is 11.3 Å². The summed E-state index contributed by atoms with van der Waals surface area (Å²) in [6, 6.07) is 0. The van der Waals surface area contributed by atoms with E-state index in [-0.39, 0.29) is 12.0 Å². The minimum Gasteiger partial charge on any atom is -0.396 e. The molecule has 0 amide bonds. The monoisotopic (exact) mass is 234 g/mol. The molecule has 0 radical (unpaired) electrons. The summed E-state index contributed by atoms with van der Waals surface area (Å²) in [6.45, 7) is 2.74. The maximum absolute atomic E-state index is 11.5. The number of nitrogens with one attached hydrogen (secondary N) is 1. The van der Waals surface area contributed by atoms with Gasteiger partial charge in [-0.15, -0.1) is 0 Å². The second kappa shape index (κ2) is 3.69. The number of fused-ring (bicyclic) bond motifs is 1. The van der Waals surface area contributed by atoms with Crippen molar-refractivity contribution in [2.45, 2.75) is 6.42 Å². The van der Waals surface area contributed by atoms with Gasteiger partial charge in [0.2, 0.25) is 10.0 Å². The molecule has 2 rings (SSSR count). The molecule has 2 aliphatic heterocycles. The zero-order chi connectivity index (χ0) is 11.1. The fraction of sp³-hybridized carbons (Fsp3) is 1.00. The third kappa shape index (κ3) is 1.91. The Labute approximate surface area is 90.5 Å². The third-order valence-electron chi connectivity index (χ3n) is 3.71. The largest absolute Gasteiger partial charge is 0.396 e. The molecule has 6 heteroatoms. The molecule has 2 saturated heterocycles. The first-order chi connectivity index (χ1) is 6.98. The predicted molar refractivity (Wildman–Crippen MR) is 56.9 cm³/mol. The molecule has 5 nitrogen and oxygen atoms in total. The molecule has 2 fully saturated rings. The van der Waals surface area contributed by atoms with Crippen LogP contribution in [-0.2, 0) is 10.0 Å². The van der Waals surface area contributed by atoms with Crippen molar-refractivity contribution in [2.24, 2.45) is 11.3 Å². The Morgan fingerprint density at radius 2 is 2.33 bits per heavy atom. The van der Waals surface area contributed by atoms with Gasteiger partial charge in [0.05, 0.1) is 12.9 Å². The molecule has 0 aromatic rings. The van der Waals surface area contributed by atoms with Crippen LogP contribution in [0.3, 0.4) is 0 Å². The molecule has 2 heterocycles. The summed E-state index contributed by atoms with van der Waals surface area (Å²) in [5.74, 6) is 0.304. The fourth-order valence-corrected chi connectivity index (χ4v) is 3.63. The summed E-state index contributed by atoms with van der Waals surface area (Å²) >= 11 is 0. The molecule has 0 spiro atoms. The number of hydrogen-bond acceptors (Lipinski definition) is 4. The van der Waals surface area contributed by atoms with Crippen LogP contribution in [0.25, 0.3) is 0 Å². The molecule has 2 aliphatic rings. The Kier molecular flexibility index (Phi) is 2.79. The smallest absolute Gasteiger partial charge is 0.211 e. The van der Waals surface area contributed by atoms with E-state index in [1.165, 1.54) is 10.6 Å². The van der Waals surface area contributed by atoms with Crippen molar-refractivity contribution in [1.82, 2.24) is 9.62 Å². The molecular formula is C9H18N2O3S. The molecule has 15 heavy (non-hydrogen) atoms. The van der Waals surface area contributed by atoms with Gasteiger partial charge in [0, 0.05) is 25.0 Å². The molecule has 0 aromatic heterocycles. The van der Waals surface area contributed by atoms with Gasteiger partial charge in [-0.25, -0.2) is 12.7 Å². The number of sulfonamides is 1. The number of piperidine rings is 1. The molecule has 0 saturated carbocycles. The van der Waals surface area contributed by atoms with Crippen molar-refractivity contribution in [3.05, 3.63) is 0 Å². The van der Waals surface area contributed by atoms with Gasteiger partial charge in [0.15, 0.2) is 0 Å². The third-order valence-corrected chi connectivity index (χ3v) is 4.93. The number of hydrogen-bond donors (Lipinski definition) is 2. The van der Waals surface area contributed by atoms with E-state index in [1.807, 2.05) is 0 Å². The summed E-state index contributed by atoms with van der Waals surface area (Å²) < 4.78 is 24.4. The molecule has 0 aliphatic carbocycles. The highest BCUT2D eigenvalue weighted by Crippen LogP contribution is 2.40. The van der Waals surface area contributed by atoms with Crippen LogP contribution in [0.5, 0.6) is 0 Å². The summed E-state index contributed by atoms with van der Waals surface area (Å²) in [7, 11) is -3.11. The van der Waals surface area contributed by atoms with Crippen molar-refractivity contribution >= 4 is 10.0 Å². The zero-order valence-corrected chi connectivity index (χ0v) is 9.76. The Morgan fingerprint density at radius 3 is 2.87 bits per heavy atom. The van der Waals surface area contributed by atoms with Gasteiger partial charge < -0.3 is 10.4 Å². The van der Waals surface area contributed by atoms with E-state index in [0.717, 1.165) is 19.5 Å². The Hall–Kier alpha value is -0.170. The first-order valence-electron chi connectivity index (χ1n) is 5.25. The van der Waals surface area contributed by atoms with Crippen molar-refractivity contribution in [3.8, 4) is 0 Å². The van der Waals surface area contributed by atoms with E-state index in [4.69, 9.17) is 0 Å². The molecule has 2 N–H and O–H groups in total. The Balaban J connectivity index is 2.21. The maximum Gasteiger partial charge on any atom is 0.211 e. The van der Waals surface area contributed by atoms with Crippen LogP contribution < -0.4 is 5.32 Å². The lowest BCUT2D eigenvalue weighted by molar-refractivity contribution is 0.0734. The average Bonchev–Trinajstić information content (AvgIpc) is 2.57. The molecule has 88 valence electrons. The van der Waals surface area contributed by atoms with Gasteiger partial charge in [-0.3, -0.25) is 0 Å². The minimum absolute atomic E-state index is 0.0662. The lowest BCUT2D eigenvalue weighted by Crippen LogP contribution is -2.48. The minimum atomic E-state index is -3.11. The van der Waals surface area contributed by atoms with Crippen LogP contribution in [0.1, 0.15) is 6.42 Å². The van der Waals surface area contributed by atoms with Gasteiger partial charge in [-0.2, -0.15) is 0 Å².